The Hall–Kier alpha value is -1.36. The molecule has 0 aliphatic carbocycles. The Morgan fingerprint density at radius 3 is 2.75 bits per heavy atom. The second kappa shape index (κ2) is 6.39. The second-order valence-corrected chi connectivity index (χ2v) is 5.55. The average molecular weight is 312 g/mol. The predicted molar refractivity (Wildman–Crippen MR) is 80.7 cm³/mol. The van der Waals surface area contributed by atoms with E-state index in [0.717, 1.165) is 6.54 Å². The lowest BCUT2D eigenvalue weighted by atomic mass is 10.1. The molecule has 0 radical (unpaired) electrons. The molecule has 0 amide bonds. The lowest BCUT2D eigenvalue weighted by Gasteiger charge is -2.11. The number of rotatable bonds is 5. The van der Waals surface area contributed by atoms with Crippen molar-refractivity contribution in [3.8, 4) is 0 Å². The first kappa shape index (κ1) is 15.0. The molecule has 0 saturated heterocycles. The van der Waals surface area contributed by atoms with E-state index in [2.05, 4.69) is 5.10 Å². The zero-order valence-electron chi connectivity index (χ0n) is 11.3. The van der Waals surface area contributed by atoms with Crippen molar-refractivity contribution in [2.24, 2.45) is 0 Å². The van der Waals surface area contributed by atoms with Crippen LogP contribution in [0.4, 0.5) is 0 Å². The van der Waals surface area contributed by atoms with Gasteiger partial charge in [0.2, 0.25) is 5.78 Å². The summed E-state index contributed by atoms with van der Waals surface area (Å²) in [5.41, 5.74) is 0.904. The Labute approximate surface area is 127 Å². The summed E-state index contributed by atoms with van der Waals surface area (Å²) in [6.07, 6.45) is 1.50. The molecule has 0 atom stereocenters. The molecule has 1 heterocycles. The van der Waals surface area contributed by atoms with E-state index in [1.165, 1.54) is 6.20 Å². The monoisotopic (exact) mass is 311 g/mol. The fourth-order valence-electron chi connectivity index (χ4n) is 1.82. The normalized spacial score (nSPS) is 11.1. The van der Waals surface area contributed by atoms with Crippen LogP contribution >= 0.6 is 23.2 Å². The van der Waals surface area contributed by atoms with Crippen LogP contribution in [0.15, 0.2) is 30.5 Å². The van der Waals surface area contributed by atoms with E-state index in [9.17, 15) is 4.79 Å². The van der Waals surface area contributed by atoms with E-state index in [1.807, 2.05) is 19.0 Å². The van der Waals surface area contributed by atoms with Crippen LogP contribution in [0.25, 0.3) is 0 Å². The molecule has 1 aromatic heterocycles. The molecule has 2 aromatic rings. The molecule has 2 rings (SSSR count). The lowest BCUT2D eigenvalue weighted by molar-refractivity contribution is 0.102. The fourth-order valence-corrected chi connectivity index (χ4v) is 2.24. The highest BCUT2D eigenvalue weighted by Gasteiger charge is 2.19. The number of aromatic nitrogens is 2. The Bertz CT molecular complexity index is 623. The van der Waals surface area contributed by atoms with Crippen LogP contribution in [-0.4, -0.2) is 41.1 Å². The van der Waals surface area contributed by atoms with Crippen LogP contribution in [0, 0.1) is 0 Å². The Kier molecular flexibility index (Phi) is 4.81. The number of benzene rings is 1. The van der Waals surface area contributed by atoms with Gasteiger partial charge < -0.3 is 4.90 Å². The van der Waals surface area contributed by atoms with Gasteiger partial charge in [-0.15, -0.1) is 0 Å². The maximum atomic E-state index is 12.5. The van der Waals surface area contributed by atoms with Crippen LogP contribution in [0.2, 0.25) is 10.0 Å². The Morgan fingerprint density at radius 1 is 1.35 bits per heavy atom. The van der Waals surface area contributed by atoms with Gasteiger partial charge in [-0.2, -0.15) is 5.10 Å². The SMILES string of the molecule is CN(C)CCn1ncc(Cl)c1C(=O)c1cccc(Cl)c1. The minimum absolute atomic E-state index is 0.172. The smallest absolute Gasteiger partial charge is 0.212 e. The molecule has 0 aliphatic rings. The van der Waals surface area contributed by atoms with Crippen molar-refractivity contribution in [2.75, 3.05) is 20.6 Å². The van der Waals surface area contributed by atoms with Crippen LogP contribution in [0.5, 0.6) is 0 Å². The summed E-state index contributed by atoms with van der Waals surface area (Å²) in [6.45, 7) is 1.37. The number of halogens is 2. The quantitative estimate of drug-likeness (QED) is 0.797. The molecule has 0 unspecified atom stereocenters. The zero-order valence-corrected chi connectivity index (χ0v) is 12.8. The van der Waals surface area contributed by atoms with E-state index in [4.69, 9.17) is 23.2 Å². The van der Waals surface area contributed by atoms with E-state index in [1.54, 1.807) is 28.9 Å². The topological polar surface area (TPSA) is 38.1 Å². The molecule has 0 saturated carbocycles. The van der Waals surface area contributed by atoms with Crippen LogP contribution in [-0.2, 0) is 6.54 Å². The lowest BCUT2D eigenvalue weighted by Crippen LogP contribution is -2.21. The van der Waals surface area contributed by atoms with E-state index in [-0.39, 0.29) is 5.78 Å². The summed E-state index contributed by atoms with van der Waals surface area (Å²) in [4.78, 5) is 14.5. The number of carbonyl (C=O) groups excluding carboxylic acids is 1. The zero-order chi connectivity index (χ0) is 14.7. The summed E-state index contributed by atoms with van der Waals surface area (Å²) in [6, 6.07) is 6.81. The van der Waals surface area contributed by atoms with Crippen molar-refractivity contribution in [3.63, 3.8) is 0 Å². The summed E-state index contributed by atoms with van der Waals surface area (Å²) in [7, 11) is 3.92. The molecular formula is C14H15Cl2N3O. The molecule has 0 spiro atoms. The summed E-state index contributed by atoms with van der Waals surface area (Å²) in [5.74, 6) is -0.172. The Balaban J connectivity index is 2.32. The van der Waals surface area contributed by atoms with Gasteiger partial charge in [0, 0.05) is 17.1 Å². The highest BCUT2D eigenvalue weighted by atomic mass is 35.5. The fraction of sp³-hybridized carbons (Fsp3) is 0.286. The van der Waals surface area contributed by atoms with Gasteiger partial charge in [0.15, 0.2) is 0 Å². The molecule has 0 fully saturated rings. The van der Waals surface area contributed by atoms with Gasteiger partial charge in [-0.1, -0.05) is 35.3 Å². The summed E-state index contributed by atoms with van der Waals surface area (Å²) in [5, 5.41) is 5.04. The number of carbonyl (C=O) groups is 1. The van der Waals surface area contributed by atoms with Gasteiger partial charge in [0.25, 0.3) is 0 Å². The molecule has 4 nitrogen and oxygen atoms in total. The van der Waals surface area contributed by atoms with Crippen molar-refractivity contribution >= 4 is 29.0 Å². The van der Waals surface area contributed by atoms with Crippen molar-refractivity contribution in [1.29, 1.82) is 0 Å². The molecule has 20 heavy (non-hydrogen) atoms. The average Bonchev–Trinajstić information content (AvgIpc) is 2.76. The van der Waals surface area contributed by atoms with E-state index < -0.39 is 0 Å². The van der Waals surface area contributed by atoms with Gasteiger partial charge in [0.1, 0.15) is 5.69 Å². The predicted octanol–water partition coefficient (Wildman–Crippen LogP) is 2.98. The molecule has 6 heteroatoms. The van der Waals surface area contributed by atoms with E-state index in [0.29, 0.717) is 27.8 Å². The van der Waals surface area contributed by atoms with Gasteiger partial charge in [-0.25, -0.2) is 0 Å². The number of hydrogen-bond acceptors (Lipinski definition) is 3. The molecule has 1 aromatic carbocycles. The van der Waals surface area contributed by atoms with Gasteiger partial charge in [-0.3, -0.25) is 9.48 Å². The number of likely N-dealkylation sites (N-methyl/N-ethyl adjacent to an activating group) is 1. The standard InChI is InChI=1S/C14H15Cl2N3O/c1-18(2)6-7-19-13(12(16)9-17-19)14(20)10-4-3-5-11(15)8-10/h3-5,8-9H,6-7H2,1-2H3. The van der Waals surface area contributed by atoms with Crippen LogP contribution in [0.1, 0.15) is 16.1 Å². The third-order valence-corrected chi connectivity index (χ3v) is 3.37. The Morgan fingerprint density at radius 2 is 2.10 bits per heavy atom. The van der Waals surface area contributed by atoms with E-state index >= 15 is 0 Å². The first-order valence-corrected chi connectivity index (χ1v) is 6.91. The second-order valence-electron chi connectivity index (χ2n) is 4.71. The maximum Gasteiger partial charge on any atom is 0.212 e. The third-order valence-electron chi connectivity index (χ3n) is 2.86. The van der Waals surface area contributed by atoms with Crippen molar-refractivity contribution in [1.82, 2.24) is 14.7 Å². The number of hydrogen-bond donors (Lipinski definition) is 0. The molecular weight excluding hydrogens is 297 g/mol. The number of ketones is 1. The highest BCUT2D eigenvalue weighted by molar-refractivity contribution is 6.35. The van der Waals surface area contributed by atoms with Crippen molar-refractivity contribution in [3.05, 3.63) is 51.8 Å². The van der Waals surface area contributed by atoms with Crippen molar-refractivity contribution < 1.29 is 4.79 Å². The minimum Gasteiger partial charge on any atom is -0.308 e. The minimum atomic E-state index is -0.172. The van der Waals surface area contributed by atoms with Crippen LogP contribution in [0.3, 0.4) is 0 Å². The summed E-state index contributed by atoms with van der Waals surface area (Å²) >= 11 is 12.0. The van der Waals surface area contributed by atoms with Gasteiger partial charge >= 0.3 is 0 Å². The molecule has 0 bridgehead atoms. The first-order valence-electron chi connectivity index (χ1n) is 6.15. The highest BCUT2D eigenvalue weighted by Crippen LogP contribution is 2.21. The molecule has 0 N–H and O–H groups in total. The largest absolute Gasteiger partial charge is 0.308 e. The van der Waals surface area contributed by atoms with Gasteiger partial charge in [0.05, 0.1) is 17.8 Å². The molecule has 106 valence electrons. The van der Waals surface area contributed by atoms with Crippen molar-refractivity contribution in [2.45, 2.75) is 6.54 Å². The third kappa shape index (κ3) is 3.39. The molecule has 0 aliphatic heterocycles. The first-order chi connectivity index (χ1) is 9.49. The number of nitrogens with zero attached hydrogens (tertiary/aromatic N) is 3. The van der Waals surface area contributed by atoms with Crippen LogP contribution < -0.4 is 0 Å². The summed E-state index contributed by atoms with van der Waals surface area (Å²) < 4.78 is 1.63. The van der Waals surface area contributed by atoms with Gasteiger partial charge in [-0.05, 0) is 26.2 Å². The maximum absolute atomic E-state index is 12.5.